The Morgan fingerprint density at radius 3 is 1.78 bits per heavy atom. The Morgan fingerprint density at radius 2 is 1.31 bits per heavy atom. The molecule has 3 aliphatic rings. The van der Waals surface area contributed by atoms with Crippen LogP contribution in [0.2, 0.25) is 0 Å². The van der Waals surface area contributed by atoms with Gasteiger partial charge >= 0.3 is 12.2 Å². The largest absolute Gasteiger partial charge is 0.465 e. The summed E-state index contributed by atoms with van der Waals surface area (Å²) >= 11 is 0. The van der Waals surface area contributed by atoms with Crippen LogP contribution in [0.4, 0.5) is 25.4 Å². The number of ether oxygens (including phenoxy) is 1. The second-order valence-electron chi connectivity index (χ2n) is 18.9. The fourth-order valence-corrected chi connectivity index (χ4v) is 10.8. The van der Waals surface area contributed by atoms with Gasteiger partial charge in [-0.05, 0) is 118 Å². The molecule has 8 rings (SSSR count). The monoisotopic (exact) mass is 921 g/mol. The van der Waals surface area contributed by atoms with Crippen molar-refractivity contribution in [2.45, 2.75) is 116 Å². The molecule has 0 radical (unpaired) electrons. The summed E-state index contributed by atoms with van der Waals surface area (Å²) in [4.78, 5) is 78.1. The highest BCUT2D eigenvalue weighted by molar-refractivity contribution is 5.87. The highest BCUT2D eigenvalue weighted by Gasteiger charge is 2.41. The van der Waals surface area contributed by atoms with E-state index in [-0.39, 0.29) is 53.6 Å². The number of aromatic nitrogens is 4. The predicted octanol–water partition coefficient (Wildman–Crippen LogP) is 8.85. The minimum atomic E-state index is -1.14. The van der Waals surface area contributed by atoms with Gasteiger partial charge in [-0.3, -0.25) is 14.5 Å². The highest BCUT2D eigenvalue weighted by Crippen LogP contribution is 2.48. The molecule has 5 heterocycles. The number of nitrogens with one attached hydrogen (secondary N) is 3. The van der Waals surface area contributed by atoms with Crippen LogP contribution in [-0.2, 0) is 14.3 Å². The van der Waals surface area contributed by atoms with Crippen LogP contribution >= 0.6 is 0 Å². The summed E-state index contributed by atoms with van der Waals surface area (Å²) in [5.41, 5.74) is 6.62. The third-order valence-electron chi connectivity index (χ3n) is 14.2. The number of alkyl carbamates (subject to hydrolysis) is 1. The van der Waals surface area contributed by atoms with Gasteiger partial charge in [0.1, 0.15) is 29.5 Å². The molecule has 3 aromatic carbocycles. The number of aromatic amines is 2. The number of halogens is 1. The minimum Gasteiger partial charge on any atom is -0.465 e. The standard InChI is InChI=1S/C50H65FN10O6/c1-9-58(10-2)40-20-17-32(27-33(40)51)61-38(30-15-18-34-36(25-30)54-45(52-34)41-13-11-23-59(41)47(62)43(28(3)4)56-49(64)67-8)21-22-39(61)31-16-19-35-37(26-31)55-46(53-35)42-14-12-24-60(42)48(63)44(29(5)6)57(7)50(65)66/h15-20,25-29,38-39,41-44H,9-14,21-24H2,1-8H3,(H,52,54)(H,53,55)(H,56,64)(H,65,66)/t38-,39-,41+,42+,43+,44+/m1/s1. The number of H-pyrrole nitrogens is 2. The molecule has 3 saturated heterocycles. The van der Waals surface area contributed by atoms with Crippen LogP contribution in [0, 0.1) is 17.7 Å². The van der Waals surface area contributed by atoms with E-state index < -0.39 is 24.3 Å². The average Bonchev–Trinajstić information content (AvgIpc) is 4.16. The lowest BCUT2D eigenvalue weighted by Crippen LogP contribution is -2.51. The molecule has 4 amide bonds. The number of carboxylic acid groups (broad SMARTS) is 1. The quantitative estimate of drug-likeness (QED) is 0.0840. The molecule has 0 unspecified atom stereocenters. The average molecular weight is 921 g/mol. The van der Waals surface area contributed by atoms with Gasteiger partial charge < -0.3 is 44.7 Å². The third-order valence-corrected chi connectivity index (χ3v) is 14.2. The first-order chi connectivity index (χ1) is 32.1. The number of carbonyl (C=O) groups excluding carboxylic acids is 3. The smallest absolute Gasteiger partial charge is 0.407 e. The zero-order valence-electron chi connectivity index (χ0n) is 39.9. The van der Waals surface area contributed by atoms with Crippen molar-refractivity contribution in [2.75, 3.05) is 50.1 Å². The van der Waals surface area contributed by atoms with E-state index in [1.54, 1.807) is 11.0 Å². The van der Waals surface area contributed by atoms with Gasteiger partial charge in [0.05, 0.1) is 59.0 Å². The van der Waals surface area contributed by atoms with Crippen molar-refractivity contribution in [1.29, 1.82) is 0 Å². The Kier molecular flexibility index (Phi) is 13.7. The number of anilines is 2. The lowest BCUT2D eigenvalue weighted by molar-refractivity contribution is -0.138. The molecule has 0 spiro atoms. The van der Waals surface area contributed by atoms with Crippen LogP contribution in [0.5, 0.6) is 0 Å². The number of hydrogen-bond donors (Lipinski definition) is 4. The lowest BCUT2D eigenvalue weighted by Gasteiger charge is -2.34. The number of imidazole rings is 2. The Hall–Kier alpha value is -6.39. The van der Waals surface area contributed by atoms with Crippen molar-refractivity contribution >= 4 is 57.4 Å². The second kappa shape index (κ2) is 19.4. The van der Waals surface area contributed by atoms with Crippen molar-refractivity contribution in [2.24, 2.45) is 11.8 Å². The molecule has 3 fully saturated rings. The molecule has 17 heteroatoms. The number of hydrogen-bond acceptors (Lipinski definition) is 9. The Labute approximate surface area is 391 Å². The Morgan fingerprint density at radius 1 is 0.776 bits per heavy atom. The number of benzene rings is 3. The van der Waals surface area contributed by atoms with E-state index in [0.717, 1.165) is 75.9 Å². The lowest BCUT2D eigenvalue weighted by atomic mass is 10.0. The fourth-order valence-electron chi connectivity index (χ4n) is 10.8. The van der Waals surface area contributed by atoms with E-state index >= 15 is 4.39 Å². The van der Waals surface area contributed by atoms with Gasteiger partial charge in [-0.25, -0.2) is 23.9 Å². The number of methoxy groups -OCH3 is 1. The van der Waals surface area contributed by atoms with Crippen LogP contribution in [0.1, 0.15) is 127 Å². The van der Waals surface area contributed by atoms with E-state index in [4.69, 9.17) is 14.7 Å². The van der Waals surface area contributed by atoms with Gasteiger partial charge in [0.15, 0.2) is 0 Å². The Bertz CT molecular complexity index is 2630. The molecule has 0 bridgehead atoms. The van der Waals surface area contributed by atoms with Crippen LogP contribution < -0.4 is 15.1 Å². The summed E-state index contributed by atoms with van der Waals surface area (Å²) < 4.78 is 21.0. The second-order valence-corrected chi connectivity index (χ2v) is 18.9. The summed E-state index contributed by atoms with van der Waals surface area (Å²) in [6.07, 6.45) is 2.81. The van der Waals surface area contributed by atoms with Crippen LogP contribution in [0.15, 0.2) is 54.6 Å². The fraction of sp³-hybridized carbons (Fsp3) is 0.520. The summed E-state index contributed by atoms with van der Waals surface area (Å²) in [7, 11) is 2.73. The molecule has 358 valence electrons. The Balaban J connectivity index is 1.11. The van der Waals surface area contributed by atoms with Crippen molar-refractivity contribution in [1.82, 2.24) is 40.0 Å². The van der Waals surface area contributed by atoms with Gasteiger partial charge in [0.25, 0.3) is 0 Å². The molecule has 5 aromatic rings. The first kappa shape index (κ1) is 47.1. The van der Waals surface area contributed by atoms with Crippen LogP contribution in [0.25, 0.3) is 22.1 Å². The maximum atomic E-state index is 16.2. The van der Waals surface area contributed by atoms with Crippen molar-refractivity contribution < 1.29 is 33.4 Å². The first-order valence-corrected chi connectivity index (χ1v) is 23.9. The van der Waals surface area contributed by atoms with E-state index in [9.17, 15) is 24.3 Å². The number of likely N-dealkylation sites (tertiary alicyclic amines) is 2. The number of carbonyl (C=O) groups is 4. The zero-order chi connectivity index (χ0) is 47.8. The maximum Gasteiger partial charge on any atom is 0.407 e. The van der Waals surface area contributed by atoms with Crippen molar-refractivity contribution in [3.63, 3.8) is 0 Å². The number of nitrogens with zero attached hydrogens (tertiary/aromatic N) is 7. The summed E-state index contributed by atoms with van der Waals surface area (Å²) in [5.74, 6) is 0.326. The topological polar surface area (TPSA) is 183 Å². The molecule has 16 nitrogen and oxygen atoms in total. The van der Waals surface area contributed by atoms with Gasteiger partial charge in [-0.15, -0.1) is 0 Å². The summed E-state index contributed by atoms with van der Waals surface area (Å²) in [6.45, 7) is 14.0. The number of rotatable bonds is 14. The highest BCUT2D eigenvalue weighted by atomic mass is 19.1. The van der Waals surface area contributed by atoms with Crippen molar-refractivity contribution in [3.05, 3.63) is 83.2 Å². The van der Waals surface area contributed by atoms with Gasteiger partial charge in [-0.2, -0.15) is 0 Å². The molecular formula is C50H65FN10O6. The molecule has 3 aliphatic heterocycles. The van der Waals surface area contributed by atoms with Crippen LogP contribution in [0.3, 0.4) is 0 Å². The van der Waals surface area contributed by atoms with E-state index in [2.05, 4.69) is 44.5 Å². The normalized spacial score (nSPS) is 20.6. The minimum absolute atomic E-state index is 0.121. The zero-order valence-corrected chi connectivity index (χ0v) is 39.9. The van der Waals surface area contributed by atoms with E-state index in [1.165, 1.54) is 14.2 Å². The molecule has 2 aromatic heterocycles. The summed E-state index contributed by atoms with van der Waals surface area (Å²) in [5, 5.41) is 12.5. The number of amides is 4. The van der Waals surface area contributed by atoms with Gasteiger partial charge in [0, 0.05) is 38.9 Å². The molecule has 4 N–H and O–H groups in total. The van der Waals surface area contributed by atoms with Gasteiger partial charge in [0.2, 0.25) is 11.8 Å². The summed E-state index contributed by atoms with van der Waals surface area (Å²) in [6, 6.07) is 15.6. The molecule has 6 atom stereocenters. The molecule has 67 heavy (non-hydrogen) atoms. The number of fused-ring (bicyclic) bond motifs is 2. The van der Waals surface area contributed by atoms with Crippen LogP contribution in [-0.4, -0.2) is 116 Å². The molecule has 0 saturated carbocycles. The van der Waals surface area contributed by atoms with E-state index in [0.29, 0.717) is 49.9 Å². The van der Waals surface area contributed by atoms with Gasteiger partial charge in [-0.1, -0.05) is 39.8 Å². The van der Waals surface area contributed by atoms with Crippen molar-refractivity contribution in [3.8, 4) is 0 Å². The third kappa shape index (κ3) is 9.08. The predicted molar refractivity (Wildman–Crippen MR) is 255 cm³/mol. The van der Waals surface area contributed by atoms with E-state index in [1.807, 2.05) is 75.6 Å². The number of likely N-dealkylation sites (N-methyl/N-ethyl adjacent to an activating group) is 1. The first-order valence-electron chi connectivity index (χ1n) is 23.9. The molecular weight excluding hydrogens is 856 g/mol. The maximum absolute atomic E-state index is 16.2. The SMILES string of the molecule is CCN(CC)c1ccc(N2[C@@H](c3ccc4nc([C@@H]5CCCN5C(=O)[C@@H](NC(=O)OC)C(C)C)[nH]c4c3)CC[C@@H]2c2ccc3nc([C@@H]4CCCN4C(=O)[C@H](C(C)C)N(C)C(=O)O)[nH]c3c2)cc1F. The molecule has 0 aliphatic carbocycles.